The molecule has 1 aliphatic heterocycles. The number of amides is 1. The molecule has 5 heteroatoms. The van der Waals surface area contributed by atoms with Gasteiger partial charge in [0.15, 0.2) is 0 Å². The molecule has 0 spiro atoms. The molecule has 106 valence electrons. The third-order valence-electron chi connectivity index (χ3n) is 3.66. The maximum atomic E-state index is 12.5. The summed E-state index contributed by atoms with van der Waals surface area (Å²) in [5.74, 6) is 1.36. The Bertz CT molecular complexity index is 436. The highest BCUT2D eigenvalue weighted by atomic mass is 35.5. The predicted molar refractivity (Wildman–Crippen MR) is 75.9 cm³/mol. The van der Waals surface area contributed by atoms with Crippen LogP contribution in [0, 0.1) is 17.8 Å². The quantitative estimate of drug-likeness (QED) is 0.855. The molecule has 1 aromatic rings. The normalized spacial score (nSPS) is 25.4. The van der Waals surface area contributed by atoms with Crippen LogP contribution in [0.2, 0.25) is 5.02 Å². The molecule has 4 nitrogen and oxygen atoms in total. The third-order valence-corrected chi connectivity index (χ3v) is 3.86. The van der Waals surface area contributed by atoms with Crippen LogP contribution in [0.15, 0.2) is 12.4 Å². The number of halogens is 1. The summed E-state index contributed by atoms with van der Waals surface area (Å²) in [6.07, 6.45) is 4.57. The summed E-state index contributed by atoms with van der Waals surface area (Å²) in [7, 11) is 0. The monoisotopic (exact) mass is 283 g/mol. The highest BCUT2D eigenvalue weighted by Crippen LogP contribution is 2.22. The van der Waals surface area contributed by atoms with E-state index >= 15 is 0 Å². The van der Waals surface area contributed by atoms with Crippen molar-refractivity contribution in [3.05, 3.63) is 17.4 Å². The van der Waals surface area contributed by atoms with E-state index in [0.29, 0.717) is 23.4 Å². The van der Waals surface area contributed by atoms with Crippen LogP contribution in [0.4, 0.5) is 0 Å². The number of nitrogens with zero attached hydrogens (tertiary/aromatic N) is 3. The molecule has 0 aliphatic carbocycles. The van der Waals surface area contributed by atoms with Crippen LogP contribution in [-0.4, -0.2) is 33.7 Å². The zero-order valence-electron chi connectivity index (χ0n) is 11.8. The van der Waals surface area contributed by atoms with Crippen molar-refractivity contribution < 1.29 is 4.79 Å². The van der Waals surface area contributed by atoms with Crippen LogP contribution >= 0.6 is 11.6 Å². The average molecular weight is 284 g/mol. The van der Waals surface area contributed by atoms with E-state index in [0.717, 1.165) is 13.1 Å². The zero-order chi connectivity index (χ0) is 14.0. The van der Waals surface area contributed by atoms with Gasteiger partial charge in [0.05, 0.1) is 23.7 Å². The molecule has 1 fully saturated rings. The first kappa shape index (κ1) is 14.4. The van der Waals surface area contributed by atoms with Crippen molar-refractivity contribution in [2.45, 2.75) is 33.7 Å². The molecule has 1 amide bonds. The molecular formula is C14H22ClN3O. The molecule has 0 bridgehead atoms. The molecule has 2 rings (SSSR count). The molecule has 19 heavy (non-hydrogen) atoms. The number of rotatable bonds is 3. The van der Waals surface area contributed by atoms with Gasteiger partial charge in [-0.05, 0) is 18.3 Å². The van der Waals surface area contributed by atoms with Gasteiger partial charge >= 0.3 is 0 Å². The SMILES string of the molecule is C[C@@H]1C[C@@H](C)CN(C(=O)[C@@H](C)Cn2cc(Cl)cn2)C1. The van der Waals surface area contributed by atoms with Gasteiger partial charge in [-0.3, -0.25) is 9.48 Å². The van der Waals surface area contributed by atoms with E-state index in [2.05, 4.69) is 18.9 Å². The van der Waals surface area contributed by atoms with E-state index in [9.17, 15) is 4.79 Å². The van der Waals surface area contributed by atoms with Crippen molar-refractivity contribution in [2.75, 3.05) is 13.1 Å². The van der Waals surface area contributed by atoms with Gasteiger partial charge in [0.2, 0.25) is 5.91 Å². The number of aromatic nitrogens is 2. The molecule has 0 aromatic carbocycles. The fourth-order valence-corrected chi connectivity index (χ4v) is 3.11. The number of likely N-dealkylation sites (tertiary alicyclic amines) is 1. The number of hydrogen-bond donors (Lipinski definition) is 0. The smallest absolute Gasteiger partial charge is 0.227 e. The maximum absolute atomic E-state index is 12.5. The van der Waals surface area contributed by atoms with Crippen molar-refractivity contribution in [1.29, 1.82) is 0 Å². The van der Waals surface area contributed by atoms with Crippen LogP contribution in [0.3, 0.4) is 0 Å². The van der Waals surface area contributed by atoms with Crippen molar-refractivity contribution in [3.63, 3.8) is 0 Å². The molecule has 1 aliphatic rings. The van der Waals surface area contributed by atoms with Crippen LogP contribution in [-0.2, 0) is 11.3 Å². The fraction of sp³-hybridized carbons (Fsp3) is 0.714. The van der Waals surface area contributed by atoms with Crippen LogP contribution in [0.1, 0.15) is 27.2 Å². The van der Waals surface area contributed by atoms with Gasteiger partial charge in [-0.15, -0.1) is 0 Å². The van der Waals surface area contributed by atoms with Crippen molar-refractivity contribution in [2.24, 2.45) is 17.8 Å². The number of hydrogen-bond acceptors (Lipinski definition) is 2. The molecule has 2 heterocycles. The Morgan fingerprint density at radius 1 is 1.47 bits per heavy atom. The second-order valence-corrected chi connectivity index (χ2v) is 6.41. The van der Waals surface area contributed by atoms with Crippen molar-refractivity contribution in [3.8, 4) is 0 Å². The van der Waals surface area contributed by atoms with Gasteiger partial charge in [-0.1, -0.05) is 32.4 Å². The van der Waals surface area contributed by atoms with Gasteiger partial charge in [-0.25, -0.2) is 0 Å². The molecule has 1 saturated heterocycles. The summed E-state index contributed by atoms with van der Waals surface area (Å²) in [5, 5.41) is 4.74. The topological polar surface area (TPSA) is 38.1 Å². The highest BCUT2D eigenvalue weighted by molar-refractivity contribution is 6.30. The van der Waals surface area contributed by atoms with E-state index in [1.54, 1.807) is 17.1 Å². The molecule has 3 atom stereocenters. The molecule has 0 N–H and O–H groups in total. The van der Waals surface area contributed by atoms with Crippen LogP contribution in [0.5, 0.6) is 0 Å². The summed E-state index contributed by atoms with van der Waals surface area (Å²) in [6, 6.07) is 0. The number of piperidine rings is 1. The average Bonchev–Trinajstić information content (AvgIpc) is 2.72. The zero-order valence-corrected chi connectivity index (χ0v) is 12.6. The van der Waals surface area contributed by atoms with E-state index in [1.165, 1.54) is 6.42 Å². The Hall–Kier alpha value is -1.03. The highest BCUT2D eigenvalue weighted by Gasteiger charge is 2.28. The lowest BCUT2D eigenvalue weighted by Crippen LogP contribution is -2.45. The van der Waals surface area contributed by atoms with E-state index in [1.807, 2.05) is 11.8 Å². The summed E-state index contributed by atoms with van der Waals surface area (Å²) in [4.78, 5) is 14.5. The van der Waals surface area contributed by atoms with Gasteiger partial charge in [0, 0.05) is 19.3 Å². The fourth-order valence-electron chi connectivity index (χ4n) is 2.95. The first-order chi connectivity index (χ1) is 8.95. The minimum absolute atomic E-state index is 0.0616. The second kappa shape index (κ2) is 5.95. The number of carbonyl (C=O) groups is 1. The Morgan fingerprint density at radius 2 is 2.11 bits per heavy atom. The van der Waals surface area contributed by atoms with E-state index < -0.39 is 0 Å². The summed E-state index contributed by atoms with van der Waals surface area (Å²) >= 11 is 5.83. The summed E-state index contributed by atoms with van der Waals surface area (Å²) in [6.45, 7) is 8.75. The Kier molecular flexibility index (Phi) is 4.50. The van der Waals surface area contributed by atoms with Crippen LogP contribution < -0.4 is 0 Å². The van der Waals surface area contributed by atoms with Crippen LogP contribution in [0.25, 0.3) is 0 Å². The van der Waals surface area contributed by atoms with Crippen molar-refractivity contribution in [1.82, 2.24) is 14.7 Å². The minimum atomic E-state index is -0.0616. The number of carbonyl (C=O) groups excluding carboxylic acids is 1. The van der Waals surface area contributed by atoms with Gasteiger partial charge in [0.1, 0.15) is 0 Å². The molecule has 0 unspecified atom stereocenters. The standard InChI is InChI=1S/C14H22ClN3O/c1-10-4-11(2)7-17(6-10)14(19)12(3)8-18-9-13(15)5-16-18/h5,9-12H,4,6-8H2,1-3H3/t10-,11-,12+/m1/s1. The Balaban J connectivity index is 1.94. The Morgan fingerprint density at radius 3 is 2.63 bits per heavy atom. The molecule has 0 radical (unpaired) electrons. The van der Waals surface area contributed by atoms with Gasteiger partial charge < -0.3 is 4.90 Å². The molecular weight excluding hydrogens is 262 g/mol. The molecule has 0 saturated carbocycles. The lowest BCUT2D eigenvalue weighted by Gasteiger charge is -2.36. The first-order valence-electron chi connectivity index (χ1n) is 6.92. The minimum Gasteiger partial charge on any atom is -0.342 e. The van der Waals surface area contributed by atoms with Gasteiger partial charge in [-0.2, -0.15) is 5.10 Å². The summed E-state index contributed by atoms with van der Waals surface area (Å²) < 4.78 is 1.74. The third kappa shape index (κ3) is 3.72. The van der Waals surface area contributed by atoms with E-state index in [-0.39, 0.29) is 11.8 Å². The summed E-state index contributed by atoms with van der Waals surface area (Å²) in [5.41, 5.74) is 0. The lowest BCUT2D eigenvalue weighted by molar-refractivity contribution is -0.138. The predicted octanol–water partition coefficient (Wildman–Crippen LogP) is 2.68. The Labute approximate surface area is 119 Å². The largest absolute Gasteiger partial charge is 0.342 e. The lowest BCUT2D eigenvalue weighted by atomic mass is 9.91. The van der Waals surface area contributed by atoms with Gasteiger partial charge in [0.25, 0.3) is 0 Å². The molecule has 1 aromatic heterocycles. The maximum Gasteiger partial charge on any atom is 0.227 e. The first-order valence-corrected chi connectivity index (χ1v) is 7.30. The van der Waals surface area contributed by atoms with Crippen molar-refractivity contribution >= 4 is 17.5 Å². The second-order valence-electron chi connectivity index (χ2n) is 5.97. The van der Waals surface area contributed by atoms with E-state index in [4.69, 9.17) is 11.6 Å².